The van der Waals surface area contributed by atoms with E-state index in [0.29, 0.717) is 24.0 Å². The minimum absolute atomic E-state index is 0.146. The standard InChI is InChI=1S/C17H25NO6/c1-12(2)9-23-13-6-5-7-14(8-13)24-10-15(19)18-17(3,11-22-4)16(20)21/h5-8,12H,9-11H2,1-4H3,(H,18,19)(H,20,21). The quantitative estimate of drug-likeness (QED) is 0.674. The van der Waals surface area contributed by atoms with Gasteiger partial charge in [0.05, 0.1) is 13.2 Å². The second-order valence-electron chi connectivity index (χ2n) is 6.09. The van der Waals surface area contributed by atoms with Crippen LogP contribution >= 0.6 is 0 Å². The zero-order chi connectivity index (χ0) is 18.2. The first-order chi connectivity index (χ1) is 11.3. The molecule has 1 atom stereocenters. The molecule has 0 aliphatic rings. The minimum atomic E-state index is -1.50. The summed E-state index contributed by atoms with van der Waals surface area (Å²) in [5.74, 6) is -0.214. The Morgan fingerprint density at radius 1 is 1.25 bits per heavy atom. The number of hydrogen-bond acceptors (Lipinski definition) is 5. The van der Waals surface area contributed by atoms with Crippen molar-refractivity contribution in [3.63, 3.8) is 0 Å². The summed E-state index contributed by atoms with van der Waals surface area (Å²) in [5, 5.41) is 11.6. The topological polar surface area (TPSA) is 94.1 Å². The first kappa shape index (κ1) is 19.8. The molecule has 0 spiro atoms. The molecule has 0 aromatic heterocycles. The van der Waals surface area contributed by atoms with Crippen LogP contribution in [-0.4, -0.2) is 49.5 Å². The van der Waals surface area contributed by atoms with Crippen LogP contribution in [0.5, 0.6) is 11.5 Å². The van der Waals surface area contributed by atoms with E-state index >= 15 is 0 Å². The van der Waals surface area contributed by atoms with Crippen molar-refractivity contribution >= 4 is 11.9 Å². The Morgan fingerprint density at radius 3 is 2.42 bits per heavy atom. The van der Waals surface area contributed by atoms with Crippen LogP contribution in [0.2, 0.25) is 0 Å². The Hall–Kier alpha value is -2.28. The molecule has 24 heavy (non-hydrogen) atoms. The monoisotopic (exact) mass is 339 g/mol. The zero-order valence-electron chi connectivity index (χ0n) is 14.5. The van der Waals surface area contributed by atoms with Gasteiger partial charge < -0.3 is 24.6 Å². The van der Waals surface area contributed by atoms with Crippen molar-refractivity contribution in [3.05, 3.63) is 24.3 Å². The van der Waals surface area contributed by atoms with Crippen molar-refractivity contribution in [2.45, 2.75) is 26.3 Å². The van der Waals surface area contributed by atoms with Crippen molar-refractivity contribution < 1.29 is 28.9 Å². The lowest BCUT2D eigenvalue weighted by Crippen LogP contribution is -2.56. The predicted octanol–water partition coefficient (Wildman–Crippen LogP) is 1.71. The van der Waals surface area contributed by atoms with Crippen molar-refractivity contribution in [1.82, 2.24) is 5.32 Å². The molecule has 0 heterocycles. The third-order valence-corrected chi connectivity index (χ3v) is 3.08. The number of ether oxygens (including phenoxy) is 3. The maximum atomic E-state index is 11.9. The fourth-order valence-corrected chi connectivity index (χ4v) is 1.85. The van der Waals surface area contributed by atoms with Gasteiger partial charge >= 0.3 is 5.97 Å². The maximum absolute atomic E-state index is 11.9. The number of carboxylic acids is 1. The Kier molecular flexibility index (Phi) is 7.51. The van der Waals surface area contributed by atoms with Gasteiger partial charge in [0.2, 0.25) is 0 Å². The molecule has 134 valence electrons. The highest BCUT2D eigenvalue weighted by Crippen LogP contribution is 2.20. The molecule has 0 saturated heterocycles. The second-order valence-corrected chi connectivity index (χ2v) is 6.09. The van der Waals surface area contributed by atoms with Gasteiger partial charge in [-0.05, 0) is 25.0 Å². The van der Waals surface area contributed by atoms with Crippen LogP contribution in [0.3, 0.4) is 0 Å². The molecule has 1 amide bonds. The summed E-state index contributed by atoms with van der Waals surface area (Å²) < 4.78 is 15.8. The molecular formula is C17H25NO6. The number of aliphatic carboxylic acids is 1. The molecule has 1 aromatic rings. The van der Waals surface area contributed by atoms with E-state index in [0.717, 1.165) is 0 Å². The largest absolute Gasteiger partial charge is 0.493 e. The number of methoxy groups -OCH3 is 1. The van der Waals surface area contributed by atoms with Crippen LogP contribution in [0.1, 0.15) is 20.8 Å². The van der Waals surface area contributed by atoms with Crippen LogP contribution < -0.4 is 14.8 Å². The second kappa shape index (κ2) is 9.12. The minimum Gasteiger partial charge on any atom is -0.493 e. The SMILES string of the molecule is COCC(C)(NC(=O)COc1cccc(OCC(C)C)c1)C(=O)O. The van der Waals surface area contributed by atoms with E-state index < -0.39 is 17.4 Å². The molecule has 0 aliphatic heterocycles. The summed E-state index contributed by atoms with van der Waals surface area (Å²) in [6, 6.07) is 6.94. The molecule has 1 rings (SSSR count). The van der Waals surface area contributed by atoms with E-state index in [4.69, 9.17) is 14.2 Å². The maximum Gasteiger partial charge on any atom is 0.331 e. The number of nitrogens with one attached hydrogen (secondary N) is 1. The van der Waals surface area contributed by atoms with Crippen LogP contribution in [0, 0.1) is 5.92 Å². The highest BCUT2D eigenvalue weighted by molar-refractivity contribution is 5.87. The summed E-state index contributed by atoms with van der Waals surface area (Å²) in [7, 11) is 1.37. The van der Waals surface area contributed by atoms with Crippen molar-refractivity contribution in [3.8, 4) is 11.5 Å². The fraction of sp³-hybridized carbons (Fsp3) is 0.529. The highest BCUT2D eigenvalue weighted by atomic mass is 16.5. The molecule has 0 saturated carbocycles. The molecule has 0 aliphatic carbocycles. The average molecular weight is 339 g/mol. The average Bonchev–Trinajstić information content (AvgIpc) is 2.51. The number of rotatable bonds is 10. The Labute approximate surface area is 141 Å². The molecule has 2 N–H and O–H groups in total. The van der Waals surface area contributed by atoms with Gasteiger partial charge in [0.25, 0.3) is 5.91 Å². The number of carbonyl (C=O) groups is 2. The molecule has 7 nitrogen and oxygen atoms in total. The first-order valence-electron chi connectivity index (χ1n) is 7.66. The van der Waals surface area contributed by atoms with Crippen LogP contribution in [0.15, 0.2) is 24.3 Å². The third kappa shape index (κ3) is 6.45. The van der Waals surface area contributed by atoms with E-state index in [2.05, 4.69) is 5.32 Å². The molecule has 0 radical (unpaired) electrons. The van der Waals surface area contributed by atoms with Gasteiger partial charge in [0.15, 0.2) is 12.1 Å². The number of amides is 1. The highest BCUT2D eigenvalue weighted by Gasteiger charge is 2.35. The zero-order valence-corrected chi connectivity index (χ0v) is 14.5. The first-order valence-corrected chi connectivity index (χ1v) is 7.66. The third-order valence-electron chi connectivity index (χ3n) is 3.08. The lowest BCUT2D eigenvalue weighted by atomic mass is 10.0. The Bertz CT molecular complexity index is 560. The van der Waals surface area contributed by atoms with E-state index in [-0.39, 0.29) is 13.2 Å². The van der Waals surface area contributed by atoms with Crippen molar-refractivity contribution in [1.29, 1.82) is 0 Å². The normalized spacial score (nSPS) is 13.2. The van der Waals surface area contributed by atoms with Gasteiger partial charge in [-0.25, -0.2) is 4.79 Å². The lowest BCUT2D eigenvalue weighted by Gasteiger charge is -2.25. The molecule has 0 fully saturated rings. The molecule has 0 bridgehead atoms. The van der Waals surface area contributed by atoms with Gasteiger partial charge in [-0.2, -0.15) is 0 Å². The van der Waals surface area contributed by atoms with Gasteiger partial charge in [0.1, 0.15) is 11.5 Å². The summed E-state index contributed by atoms with van der Waals surface area (Å²) >= 11 is 0. The van der Waals surface area contributed by atoms with E-state index in [1.165, 1.54) is 14.0 Å². The lowest BCUT2D eigenvalue weighted by molar-refractivity contribution is -0.149. The Morgan fingerprint density at radius 2 is 1.88 bits per heavy atom. The van der Waals surface area contributed by atoms with Crippen LogP contribution in [0.4, 0.5) is 0 Å². The summed E-state index contributed by atoms with van der Waals surface area (Å²) in [6.45, 7) is 5.59. The van der Waals surface area contributed by atoms with E-state index in [9.17, 15) is 14.7 Å². The summed E-state index contributed by atoms with van der Waals surface area (Å²) in [6.07, 6.45) is 0. The van der Waals surface area contributed by atoms with Crippen molar-refractivity contribution in [2.75, 3.05) is 26.9 Å². The fourth-order valence-electron chi connectivity index (χ4n) is 1.85. The number of carboxylic acid groups (broad SMARTS) is 1. The molecule has 7 heteroatoms. The molecular weight excluding hydrogens is 314 g/mol. The van der Waals surface area contributed by atoms with Crippen LogP contribution in [-0.2, 0) is 14.3 Å². The van der Waals surface area contributed by atoms with Crippen LogP contribution in [0.25, 0.3) is 0 Å². The van der Waals surface area contributed by atoms with Gasteiger partial charge in [-0.3, -0.25) is 4.79 Å². The van der Waals surface area contributed by atoms with Gasteiger partial charge in [0, 0.05) is 13.2 Å². The Balaban J connectivity index is 2.57. The molecule has 1 aromatic carbocycles. The summed E-state index contributed by atoms with van der Waals surface area (Å²) in [5.41, 5.74) is -1.50. The van der Waals surface area contributed by atoms with Crippen molar-refractivity contribution in [2.24, 2.45) is 5.92 Å². The molecule has 1 unspecified atom stereocenters. The predicted molar refractivity (Wildman–Crippen MR) is 88.3 cm³/mol. The van der Waals surface area contributed by atoms with Gasteiger partial charge in [-0.1, -0.05) is 19.9 Å². The van der Waals surface area contributed by atoms with Gasteiger partial charge in [-0.15, -0.1) is 0 Å². The summed E-state index contributed by atoms with van der Waals surface area (Å²) in [4.78, 5) is 23.2. The number of carbonyl (C=O) groups excluding carboxylic acids is 1. The smallest absolute Gasteiger partial charge is 0.331 e. The van der Waals surface area contributed by atoms with E-state index in [1.54, 1.807) is 24.3 Å². The van der Waals surface area contributed by atoms with E-state index in [1.807, 2.05) is 13.8 Å². The number of hydrogen-bond donors (Lipinski definition) is 2. The number of benzene rings is 1.